The molecular weight excluding hydrogens is 308 g/mol. The lowest BCUT2D eigenvalue weighted by Crippen LogP contribution is -2.42. The summed E-state index contributed by atoms with van der Waals surface area (Å²) in [7, 11) is 0. The highest BCUT2D eigenvalue weighted by Crippen LogP contribution is 2.31. The molecule has 1 aromatic carbocycles. The van der Waals surface area contributed by atoms with E-state index in [1.807, 2.05) is 0 Å². The van der Waals surface area contributed by atoms with Crippen molar-refractivity contribution in [2.24, 2.45) is 5.73 Å². The molecule has 1 aromatic heterocycles. The minimum atomic E-state index is 0.235. The van der Waals surface area contributed by atoms with Gasteiger partial charge in [0.2, 0.25) is 0 Å². The van der Waals surface area contributed by atoms with Crippen LogP contribution >= 0.6 is 27.3 Å². The van der Waals surface area contributed by atoms with Gasteiger partial charge in [0, 0.05) is 27.6 Å². The molecule has 2 N–H and O–H groups in total. The number of hydrogen-bond acceptors (Lipinski definition) is 3. The topological polar surface area (TPSA) is 29.3 Å². The van der Waals surface area contributed by atoms with Crippen molar-refractivity contribution in [2.75, 3.05) is 11.4 Å². The van der Waals surface area contributed by atoms with Crippen LogP contribution in [0.2, 0.25) is 0 Å². The molecule has 18 heavy (non-hydrogen) atoms. The molecule has 1 aliphatic rings. The van der Waals surface area contributed by atoms with Gasteiger partial charge in [0.15, 0.2) is 0 Å². The van der Waals surface area contributed by atoms with Crippen LogP contribution in [0.25, 0.3) is 0 Å². The van der Waals surface area contributed by atoms with Gasteiger partial charge in [0.25, 0.3) is 0 Å². The number of benzene rings is 1. The van der Waals surface area contributed by atoms with Gasteiger partial charge >= 0.3 is 0 Å². The number of fused-ring (bicyclic) bond motifs is 1. The first-order chi connectivity index (χ1) is 8.74. The maximum Gasteiger partial charge on any atom is 0.0534 e. The standard InChI is InChI=1S/C14H15BrN2S/c15-12-5-6-18-14(12)9-17-8-11(16)7-10-3-1-2-4-13(10)17/h1-6,11H,7-9,16H2. The van der Waals surface area contributed by atoms with E-state index in [-0.39, 0.29) is 6.04 Å². The van der Waals surface area contributed by atoms with E-state index in [0.29, 0.717) is 0 Å². The molecule has 0 fully saturated rings. The third-order valence-corrected chi connectivity index (χ3v) is 5.21. The lowest BCUT2D eigenvalue weighted by atomic mass is 9.98. The second kappa shape index (κ2) is 5.03. The van der Waals surface area contributed by atoms with Crippen LogP contribution < -0.4 is 10.6 Å². The number of thiophene rings is 1. The van der Waals surface area contributed by atoms with Crippen molar-refractivity contribution in [3.05, 3.63) is 50.6 Å². The normalized spacial score (nSPS) is 18.8. The predicted molar refractivity (Wildman–Crippen MR) is 81.2 cm³/mol. The molecule has 1 unspecified atom stereocenters. The van der Waals surface area contributed by atoms with Crippen molar-refractivity contribution in [1.82, 2.24) is 0 Å². The largest absolute Gasteiger partial charge is 0.365 e. The lowest BCUT2D eigenvalue weighted by molar-refractivity contribution is 0.600. The molecule has 2 nitrogen and oxygen atoms in total. The maximum absolute atomic E-state index is 6.16. The molecule has 1 aliphatic heterocycles. The van der Waals surface area contributed by atoms with Gasteiger partial charge in [-0.25, -0.2) is 0 Å². The first-order valence-electron chi connectivity index (χ1n) is 6.04. The Balaban J connectivity index is 1.91. The van der Waals surface area contributed by atoms with Crippen LogP contribution in [-0.4, -0.2) is 12.6 Å². The molecule has 0 spiro atoms. The van der Waals surface area contributed by atoms with Gasteiger partial charge < -0.3 is 10.6 Å². The highest BCUT2D eigenvalue weighted by Gasteiger charge is 2.22. The van der Waals surface area contributed by atoms with Crippen molar-refractivity contribution >= 4 is 33.0 Å². The predicted octanol–water partition coefficient (Wildman–Crippen LogP) is 3.40. The average molecular weight is 323 g/mol. The Labute approximate surface area is 120 Å². The maximum atomic E-state index is 6.16. The highest BCUT2D eigenvalue weighted by molar-refractivity contribution is 9.10. The molecule has 0 aliphatic carbocycles. The van der Waals surface area contributed by atoms with Crippen molar-refractivity contribution in [1.29, 1.82) is 0 Å². The third-order valence-electron chi connectivity index (χ3n) is 3.29. The van der Waals surface area contributed by atoms with E-state index in [1.165, 1.54) is 20.6 Å². The van der Waals surface area contributed by atoms with Crippen LogP contribution in [0.15, 0.2) is 40.2 Å². The van der Waals surface area contributed by atoms with E-state index >= 15 is 0 Å². The molecule has 2 aromatic rings. The zero-order valence-corrected chi connectivity index (χ0v) is 12.4. The number of anilines is 1. The minimum Gasteiger partial charge on any atom is -0.365 e. The quantitative estimate of drug-likeness (QED) is 0.918. The van der Waals surface area contributed by atoms with E-state index < -0.39 is 0 Å². The Morgan fingerprint density at radius 1 is 1.33 bits per heavy atom. The molecule has 4 heteroatoms. The van der Waals surface area contributed by atoms with Gasteiger partial charge in [-0.15, -0.1) is 11.3 Å². The molecule has 0 amide bonds. The fourth-order valence-electron chi connectivity index (χ4n) is 2.48. The smallest absolute Gasteiger partial charge is 0.0534 e. The minimum absolute atomic E-state index is 0.235. The zero-order valence-electron chi connectivity index (χ0n) is 9.97. The molecule has 1 atom stereocenters. The molecule has 0 bridgehead atoms. The number of nitrogens with two attached hydrogens (primary N) is 1. The lowest BCUT2D eigenvalue weighted by Gasteiger charge is -2.34. The Hall–Kier alpha value is -0.840. The summed E-state index contributed by atoms with van der Waals surface area (Å²) < 4.78 is 1.20. The number of halogens is 1. The Kier molecular flexibility index (Phi) is 3.41. The van der Waals surface area contributed by atoms with E-state index in [9.17, 15) is 0 Å². The highest BCUT2D eigenvalue weighted by atomic mass is 79.9. The van der Waals surface area contributed by atoms with Gasteiger partial charge in [0.1, 0.15) is 0 Å². The van der Waals surface area contributed by atoms with Crippen molar-refractivity contribution in [3.8, 4) is 0 Å². The summed E-state index contributed by atoms with van der Waals surface area (Å²) in [5.74, 6) is 0. The SMILES string of the molecule is NC1Cc2ccccc2N(Cc2sccc2Br)C1. The van der Waals surface area contributed by atoms with Crippen LogP contribution in [0.5, 0.6) is 0 Å². The monoisotopic (exact) mass is 322 g/mol. The molecule has 3 rings (SSSR count). The van der Waals surface area contributed by atoms with E-state index in [0.717, 1.165) is 19.5 Å². The van der Waals surface area contributed by atoms with Gasteiger partial charge in [-0.3, -0.25) is 0 Å². The molecule has 2 heterocycles. The van der Waals surface area contributed by atoms with Gasteiger partial charge in [-0.05, 0) is 45.4 Å². The molecular formula is C14H15BrN2S. The van der Waals surface area contributed by atoms with Crippen molar-refractivity contribution < 1.29 is 0 Å². The summed E-state index contributed by atoms with van der Waals surface area (Å²) >= 11 is 5.39. The van der Waals surface area contributed by atoms with Gasteiger partial charge in [-0.2, -0.15) is 0 Å². The second-order valence-corrected chi connectivity index (χ2v) is 6.52. The van der Waals surface area contributed by atoms with Gasteiger partial charge in [0.05, 0.1) is 6.54 Å². The fourth-order valence-corrected chi connectivity index (χ4v) is 3.97. The molecule has 94 valence electrons. The molecule has 0 radical (unpaired) electrons. The summed E-state index contributed by atoms with van der Waals surface area (Å²) in [5.41, 5.74) is 8.85. The Morgan fingerprint density at radius 2 is 2.17 bits per heavy atom. The van der Waals surface area contributed by atoms with Crippen molar-refractivity contribution in [3.63, 3.8) is 0 Å². The van der Waals surface area contributed by atoms with Gasteiger partial charge in [-0.1, -0.05) is 18.2 Å². The number of rotatable bonds is 2. The summed E-state index contributed by atoms with van der Waals surface area (Å²) in [6, 6.07) is 10.9. The summed E-state index contributed by atoms with van der Waals surface area (Å²) in [6.45, 7) is 1.87. The summed E-state index contributed by atoms with van der Waals surface area (Å²) in [6.07, 6.45) is 0.984. The summed E-state index contributed by atoms with van der Waals surface area (Å²) in [5, 5.41) is 2.12. The van der Waals surface area contributed by atoms with Crippen molar-refractivity contribution in [2.45, 2.75) is 19.0 Å². The van der Waals surface area contributed by atoms with E-state index in [2.05, 4.69) is 56.5 Å². The number of hydrogen-bond donors (Lipinski definition) is 1. The fraction of sp³-hybridized carbons (Fsp3) is 0.286. The zero-order chi connectivity index (χ0) is 12.5. The number of para-hydroxylation sites is 1. The third kappa shape index (κ3) is 2.32. The summed E-state index contributed by atoms with van der Waals surface area (Å²) in [4.78, 5) is 3.75. The molecule has 0 saturated carbocycles. The van der Waals surface area contributed by atoms with Crippen LogP contribution in [0, 0.1) is 0 Å². The first kappa shape index (κ1) is 12.2. The van der Waals surface area contributed by atoms with Crippen LogP contribution in [0.1, 0.15) is 10.4 Å². The van der Waals surface area contributed by atoms with Crippen LogP contribution in [-0.2, 0) is 13.0 Å². The number of nitrogens with zero attached hydrogens (tertiary/aromatic N) is 1. The van der Waals surface area contributed by atoms with E-state index in [4.69, 9.17) is 5.73 Å². The average Bonchev–Trinajstić information content (AvgIpc) is 2.75. The second-order valence-electron chi connectivity index (χ2n) is 4.67. The van der Waals surface area contributed by atoms with Crippen LogP contribution in [0.4, 0.5) is 5.69 Å². The Morgan fingerprint density at radius 3 is 2.94 bits per heavy atom. The first-order valence-corrected chi connectivity index (χ1v) is 7.71. The van der Waals surface area contributed by atoms with E-state index in [1.54, 1.807) is 11.3 Å². The molecule has 0 saturated heterocycles. The van der Waals surface area contributed by atoms with Crippen LogP contribution in [0.3, 0.4) is 0 Å². The Bertz CT molecular complexity index is 552.